The van der Waals surface area contributed by atoms with Crippen molar-refractivity contribution < 1.29 is 13.4 Å². The maximum atomic E-state index is 14.2. The van der Waals surface area contributed by atoms with Crippen LogP contribution in [0.25, 0.3) is 28.0 Å². The SMILES string of the molecule is Cc1ccc(F)c(-c2cnc(-n3cc(S(C)=O)c4ccc(C(=O)N(C)C)cc43)nc2)c1. The molecule has 2 heterocycles. The number of aryl methyl sites for hydroxylation is 1. The van der Waals surface area contributed by atoms with Gasteiger partial charge in [0.25, 0.3) is 5.91 Å². The number of rotatable bonds is 4. The number of nitrogens with zero attached hydrogens (tertiary/aromatic N) is 4. The fraction of sp³-hybridized carbons (Fsp3) is 0.174. The predicted octanol–water partition coefficient (Wildman–Crippen LogP) is 3.97. The van der Waals surface area contributed by atoms with Crippen molar-refractivity contribution in [2.75, 3.05) is 20.4 Å². The third kappa shape index (κ3) is 3.86. The van der Waals surface area contributed by atoms with E-state index in [-0.39, 0.29) is 11.7 Å². The number of hydrogen-bond donors (Lipinski definition) is 0. The van der Waals surface area contributed by atoms with E-state index in [2.05, 4.69) is 9.97 Å². The highest BCUT2D eigenvalue weighted by atomic mass is 32.2. The lowest BCUT2D eigenvalue weighted by Crippen LogP contribution is -2.21. The van der Waals surface area contributed by atoms with Crippen LogP contribution in [0.3, 0.4) is 0 Å². The number of halogens is 1. The molecule has 0 radical (unpaired) electrons. The van der Waals surface area contributed by atoms with Crippen molar-refractivity contribution in [2.24, 2.45) is 0 Å². The third-order valence-electron chi connectivity index (χ3n) is 5.02. The highest BCUT2D eigenvalue weighted by molar-refractivity contribution is 7.84. The summed E-state index contributed by atoms with van der Waals surface area (Å²) in [5.74, 6) is -0.142. The number of amides is 1. The lowest BCUT2D eigenvalue weighted by molar-refractivity contribution is 0.0827. The highest BCUT2D eigenvalue weighted by Gasteiger charge is 2.17. The molecule has 0 bridgehead atoms. The first-order valence-electron chi connectivity index (χ1n) is 9.55. The molecule has 4 aromatic rings. The van der Waals surface area contributed by atoms with Crippen LogP contribution in [0, 0.1) is 12.7 Å². The zero-order valence-electron chi connectivity index (χ0n) is 17.6. The van der Waals surface area contributed by atoms with Crippen molar-refractivity contribution in [3.05, 3.63) is 71.9 Å². The van der Waals surface area contributed by atoms with Crippen molar-refractivity contribution in [3.8, 4) is 17.1 Å². The summed E-state index contributed by atoms with van der Waals surface area (Å²) in [4.78, 5) is 23.4. The number of benzene rings is 2. The Bertz CT molecular complexity index is 1330. The summed E-state index contributed by atoms with van der Waals surface area (Å²) in [6, 6.07) is 10.1. The predicted molar refractivity (Wildman–Crippen MR) is 119 cm³/mol. The van der Waals surface area contributed by atoms with E-state index in [1.807, 2.05) is 6.92 Å². The molecule has 2 aromatic heterocycles. The van der Waals surface area contributed by atoms with Gasteiger partial charge in [0.2, 0.25) is 5.95 Å². The van der Waals surface area contributed by atoms with Crippen LogP contribution in [0.1, 0.15) is 15.9 Å². The van der Waals surface area contributed by atoms with Crippen LogP contribution in [0.4, 0.5) is 4.39 Å². The smallest absolute Gasteiger partial charge is 0.253 e. The van der Waals surface area contributed by atoms with Gasteiger partial charge in [0.15, 0.2) is 0 Å². The molecule has 0 aliphatic carbocycles. The van der Waals surface area contributed by atoms with E-state index in [1.54, 1.807) is 73.8 Å². The molecule has 1 atom stereocenters. The van der Waals surface area contributed by atoms with Gasteiger partial charge in [-0.05, 0) is 31.2 Å². The summed E-state index contributed by atoms with van der Waals surface area (Å²) in [6.45, 7) is 1.89. The van der Waals surface area contributed by atoms with Gasteiger partial charge in [-0.3, -0.25) is 13.6 Å². The van der Waals surface area contributed by atoms with E-state index in [1.165, 1.54) is 11.0 Å². The Balaban J connectivity index is 1.85. The van der Waals surface area contributed by atoms with E-state index < -0.39 is 10.8 Å². The maximum absolute atomic E-state index is 14.2. The van der Waals surface area contributed by atoms with Crippen LogP contribution >= 0.6 is 0 Å². The van der Waals surface area contributed by atoms with Crippen molar-refractivity contribution in [1.82, 2.24) is 19.4 Å². The van der Waals surface area contributed by atoms with E-state index in [0.29, 0.717) is 33.1 Å². The Labute approximate surface area is 181 Å². The van der Waals surface area contributed by atoms with Gasteiger partial charge in [-0.15, -0.1) is 0 Å². The first kappa shape index (κ1) is 20.9. The summed E-state index contributed by atoms with van der Waals surface area (Å²) in [5, 5.41) is 0.758. The minimum atomic E-state index is -1.24. The zero-order chi connectivity index (χ0) is 22.3. The fourth-order valence-electron chi connectivity index (χ4n) is 3.43. The second-order valence-corrected chi connectivity index (χ2v) is 8.85. The van der Waals surface area contributed by atoms with Crippen LogP contribution in [0.2, 0.25) is 0 Å². The number of carbonyl (C=O) groups is 1. The van der Waals surface area contributed by atoms with E-state index >= 15 is 0 Å². The molecule has 6 nitrogen and oxygen atoms in total. The largest absolute Gasteiger partial charge is 0.345 e. The number of aromatic nitrogens is 3. The topological polar surface area (TPSA) is 68.1 Å². The maximum Gasteiger partial charge on any atom is 0.253 e. The molecule has 0 aliphatic rings. The number of carbonyl (C=O) groups excluding carboxylic acids is 1. The zero-order valence-corrected chi connectivity index (χ0v) is 18.4. The van der Waals surface area contributed by atoms with Crippen LogP contribution < -0.4 is 0 Å². The Hall–Kier alpha value is -3.39. The molecule has 2 aromatic carbocycles. The van der Waals surface area contributed by atoms with Crippen molar-refractivity contribution in [3.63, 3.8) is 0 Å². The minimum Gasteiger partial charge on any atom is -0.345 e. The van der Waals surface area contributed by atoms with Crippen molar-refractivity contribution >= 4 is 27.6 Å². The second kappa shape index (κ2) is 8.03. The quantitative estimate of drug-likeness (QED) is 0.485. The summed E-state index contributed by atoms with van der Waals surface area (Å²) < 4.78 is 28.2. The molecule has 1 unspecified atom stereocenters. The fourth-order valence-corrected chi connectivity index (χ4v) is 4.16. The second-order valence-electron chi connectivity index (χ2n) is 7.50. The van der Waals surface area contributed by atoms with E-state index in [0.717, 1.165) is 10.9 Å². The third-order valence-corrected chi connectivity index (χ3v) is 5.96. The van der Waals surface area contributed by atoms with Gasteiger partial charge in [-0.1, -0.05) is 17.7 Å². The molecule has 0 saturated heterocycles. The molecule has 8 heteroatoms. The van der Waals surface area contributed by atoms with Gasteiger partial charge >= 0.3 is 0 Å². The molecule has 31 heavy (non-hydrogen) atoms. The summed E-state index contributed by atoms with van der Waals surface area (Å²) in [5.41, 5.74) is 3.10. The highest BCUT2D eigenvalue weighted by Crippen LogP contribution is 2.28. The standard InChI is InChI=1S/C23H21FN4O2S/c1-14-5-8-19(24)18(9-14)16-11-25-23(26-12-16)28-13-21(31(4)30)17-7-6-15(10-20(17)28)22(29)27(2)3/h5-13H,1-4H3. The first-order valence-corrected chi connectivity index (χ1v) is 11.1. The summed E-state index contributed by atoms with van der Waals surface area (Å²) in [6.07, 6.45) is 6.43. The van der Waals surface area contributed by atoms with Gasteiger partial charge in [0, 0.05) is 61.0 Å². The molecule has 0 aliphatic heterocycles. The minimum absolute atomic E-state index is 0.139. The molecule has 158 valence electrons. The Morgan fingerprint density at radius 3 is 2.45 bits per heavy atom. The van der Waals surface area contributed by atoms with Crippen LogP contribution in [-0.4, -0.2) is 49.9 Å². The monoisotopic (exact) mass is 436 g/mol. The van der Waals surface area contributed by atoms with Gasteiger partial charge in [0.05, 0.1) is 21.2 Å². The normalized spacial score (nSPS) is 12.2. The summed E-state index contributed by atoms with van der Waals surface area (Å²) >= 11 is 0. The van der Waals surface area contributed by atoms with E-state index in [9.17, 15) is 13.4 Å². The Kier molecular flexibility index (Phi) is 5.41. The Morgan fingerprint density at radius 1 is 1.10 bits per heavy atom. The van der Waals surface area contributed by atoms with Gasteiger partial charge in [-0.2, -0.15) is 0 Å². The molecule has 0 N–H and O–H groups in total. The van der Waals surface area contributed by atoms with E-state index in [4.69, 9.17) is 0 Å². The molecule has 0 spiro atoms. The average Bonchev–Trinajstić information content (AvgIpc) is 3.14. The molecule has 4 rings (SSSR count). The molecule has 0 fully saturated rings. The lowest BCUT2D eigenvalue weighted by Gasteiger charge is -2.11. The van der Waals surface area contributed by atoms with Crippen LogP contribution in [-0.2, 0) is 10.8 Å². The van der Waals surface area contributed by atoms with Gasteiger partial charge in [0.1, 0.15) is 5.82 Å². The first-order chi connectivity index (χ1) is 14.8. The van der Waals surface area contributed by atoms with Crippen LogP contribution in [0.15, 0.2) is 59.9 Å². The molecule has 0 saturated carbocycles. The summed E-state index contributed by atoms with van der Waals surface area (Å²) in [7, 11) is 2.13. The Morgan fingerprint density at radius 2 is 1.81 bits per heavy atom. The van der Waals surface area contributed by atoms with Gasteiger partial charge in [-0.25, -0.2) is 14.4 Å². The lowest BCUT2D eigenvalue weighted by atomic mass is 10.1. The molecular formula is C23H21FN4O2S. The molecular weight excluding hydrogens is 415 g/mol. The van der Waals surface area contributed by atoms with Crippen LogP contribution in [0.5, 0.6) is 0 Å². The van der Waals surface area contributed by atoms with Crippen molar-refractivity contribution in [2.45, 2.75) is 11.8 Å². The number of fused-ring (bicyclic) bond motifs is 1. The van der Waals surface area contributed by atoms with Crippen molar-refractivity contribution in [1.29, 1.82) is 0 Å². The number of hydrogen-bond acceptors (Lipinski definition) is 4. The molecule has 1 amide bonds. The van der Waals surface area contributed by atoms with Gasteiger partial charge < -0.3 is 4.90 Å². The average molecular weight is 437 g/mol.